The fourth-order valence-electron chi connectivity index (χ4n) is 0.680. The van der Waals surface area contributed by atoms with Crippen LogP contribution in [0.3, 0.4) is 0 Å². The van der Waals surface area contributed by atoms with Gasteiger partial charge in [0.05, 0.1) is 6.61 Å². The van der Waals surface area contributed by atoms with Gasteiger partial charge in [-0.25, -0.2) is 0 Å². The molecule has 3 N–H and O–H groups in total. The summed E-state index contributed by atoms with van der Waals surface area (Å²) in [5.41, 5.74) is 0. The first-order chi connectivity index (χ1) is 6.93. The topological polar surface area (TPSA) is 104 Å². The van der Waals surface area contributed by atoms with Crippen LogP contribution in [0.15, 0.2) is 30.3 Å². The molecule has 0 bridgehead atoms. The first-order valence-corrected chi connectivity index (χ1v) is 5.32. The third-order valence-corrected chi connectivity index (χ3v) is 1.10. The van der Waals surface area contributed by atoms with Crippen molar-refractivity contribution >= 4 is 10.4 Å². The van der Waals surface area contributed by atoms with Crippen molar-refractivity contribution in [2.45, 2.75) is 0 Å². The Balaban J connectivity index is 0.000000336. The van der Waals surface area contributed by atoms with E-state index in [1.807, 2.05) is 30.3 Å². The summed E-state index contributed by atoms with van der Waals surface area (Å²) in [4.78, 5) is 0. The summed E-state index contributed by atoms with van der Waals surface area (Å²) in [7, 11) is -4.67. The summed E-state index contributed by atoms with van der Waals surface area (Å²) in [5.74, 6) is 0.802. The molecule has 15 heavy (non-hydrogen) atoms. The zero-order chi connectivity index (χ0) is 11.7. The van der Waals surface area contributed by atoms with Crippen molar-refractivity contribution in [1.29, 1.82) is 0 Å². The summed E-state index contributed by atoms with van der Waals surface area (Å²) >= 11 is 0. The summed E-state index contributed by atoms with van der Waals surface area (Å²) in [6.45, 7) is 0.429. The maximum absolute atomic E-state index is 8.74. The van der Waals surface area contributed by atoms with E-state index >= 15 is 0 Å². The predicted octanol–water partition coefficient (Wildman–Crippen LogP) is 0.405. The third kappa shape index (κ3) is 12.8. The van der Waals surface area contributed by atoms with Gasteiger partial charge in [0, 0.05) is 0 Å². The molecule has 0 spiro atoms. The van der Waals surface area contributed by atoms with Crippen LogP contribution in [0.1, 0.15) is 0 Å². The van der Waals surface area contributed by atoms with E-state index in [2.05, 4.69) is 0 Å². The maximum Gasteiger partial charge on any atom is 0.394 e. The van der Waals surface area contributed by atoms with Crippen molar-refractivity contribution in [2.75, 3.05) is 13.2 Å². The Labute approximate surface area is 87.7 Å². The molecule has 0 heterocycles. The summed E-state index contributed by atoms with van der Waals surface area (Å²) in [6.07, 6.45) is 0. The molecular weight excluding hydrogens is 224 g/mol. The minimum absolute atomic E-state index is 0.0644. The van der Waals surface area contributed by atoms with E-state index in [9.17, 15) is 0 Å². The lowest BCUT2D eigenvalue weighted by Crippen LogP contribution is -2.00. The highest BCUT2D eigenvalue weighted by atomic mass is 32.3. The minimum Gasteiger partial charge on any atom is -0.491 e. The average molecular weight is 236 g/mol. The van der Waals surface area contributed by atoms with Crippen molar-refractivity contribution in [2.24, 2.45) is 0 Å². The van der Waals surface area contributed by atoms with Gasteiger partial charge in [-0.05, 0) is 12.1 Å². The first kappa shape index (κ1) is 13.8. The van der Waals surface area contributed by atoms with Gasteiger partial charge < -0.3 is 9.84 Å². The highest BCUT2D eigenvalue weighted by Crippen LogP contribution is 2.06. The van der Waals surface area contributed by atoms with Crippen molar-refractivity contribution in [3.05, 3.63) is 30.3 Å². The molecule has 0 saturated carbocycles. The van der Waals surface area contributed by atoms with Crippen molar-refractivity contribution in [1.82, 2.24) is 0 Å². The number of aliphatic hydroxyl groups excluding tert-OH is 1. The van der Waals surface area contributed by atoms with E-state index in [4.69, 9.17) is 27.4 Å². The van der Waals surface area contributed by atoms with E-state index < -0.39 is 10.4 Å². The Morgan fingerprint density at radius 3 is 2.00 bits per heavy atom. The molecular formula is C8H12O6S. The van der Waals surface area contributed by atoms with Crippen molar-refractivity contribution in [3.63, 3.8) is 0 Å². The number of hydrogen-bond acceptors (Lipinski definition) is 4. The van der Waals surface area contributed by atoms with Crippen molar-refractivity contribution in [3.8, 4) is 5.75 Å². The van der Waals surface area contributed by atoms with Crippen LogP contribution in [0.4, 0.5) is 0 Å². The number of rotatable bonds is 3. The predicted molar refractivity (Wildman–Crippen MR) is 53.2 cm³/mol. The van der Waals surface area contributed by atoms with Crippen LogP contribution in [-0.4, -0.2) is 35.8 Å². The van der Waals surface area contributed by atoms with Crippen LogP contribution in [0.25, 0.3) is 0 Å². The van der Waals surface area contributed by atoms with Crippen LogP contribution in [-0.2, 0) is 10.4 Å². The molecule has 1 aromatic rings. The molecule has 0 saturated heterocycles. The molecule has 7 heteroatoms. The minimum atomic E-state index is -4.67. The van der Waals surface area contributed by atoms with E-state index in [1.54, 1.807) is 0 Å². The van der Waals surface area contributed by atoms with Gasteiger partial charge in [-0.3, -0.25) is 9.11 Å². The van der Waals surface area contributed by atoms with Gasteiger partial charge in [-0.15, -0.1) is 0 Å². The van der Waals surface area contributed by atoms with Crippen LogP contribution < -0.4 is 4.74 Å². The van der Waals surface area contributed by atoms with Crippen LogP contribution >= 0.6 is 0 Å². The van der Waals surface area contributed by atoms with E-state index in [0.29, 0.717) is 6.61 Å². The summed E-state index contributed by atoms with van der Waals surface area (Å²) in [6, 6.07) is 9.43. The lowest BCUT2D eigenvalue weighted by Gasteiger charge is -2.01. The zero-order valence-electron chi connectivity index (χ0n) is 7.78. The molecule has 6 nitrogen and oxygen atoms in total. The molecule has 0 unspecified atom stereocenters. The summed E-state index contributed by atoms with van der Waals surface area (Å²) < 4.78 is 36.7. The highest BCUT2D eigenvalue weighted by molar-refractivity contribution is 7.79. The second-order valence-electron chi connectivity index (χ2n) is 2.33. The first-order valence-electron chi connectivity index (χ1n) is 3.92. The molecule has 0 atom stereocenters. The second-order valence-corrected chi connectivity index (χ2v) is 3.23. The fourth-order valence-corrected chi connectivity index (χ4v) is 0.680. The second kappa shape index (κ2) is 7.18. The van der Waals surface area contributed by atoms with E-state index in [0.717, 1.165) is 5.75 Å². The molecule has 0 radical (unpaired) electrons. The van der Waals surface area contributed by atoms with Crippen LogP contribution in [0.2, 0.25) is 0 Å². The Morgan fingerprint density at radius 1 is 1.13 bits per heavy atom. The van der Waals surface area contributed by atoms with Crippen LogP contribution in [0.5, 0.6) is 5.75 Å². The van der Waals surface area contributed by atoms with E-state index in [-0.39, 0.29) is 6.61 Å². The monoisotopic (exact) mass is 236 g/mol. The number of ether oxygens (including phenoxy) is 1. The molecule has 0 aromatic heterocycles. The molecule has 1 rings (SSSR count). The number of hydrogen-bond donors (Lipinski definition) is 3. The Hall–Kier alpha value is -1.15. The molecule has 0 aliphatic carbocycles. The normalized spacial score (nSPS) is 10.1. The zero-order valence-corrected chi connectivity index (χ0v) is 8.59. The van der Waals surface area contributed by atoms with Gasteiger partial charge in [-0.2, -0.15) is 8.42 Å². The molecule has 0 aliphatic rings. The fraction of sp³-hybridized carbons (Fsp3) is 0.250. The Bertz CT molecular complexity index is 339. The number of para-hydroxylation sites is 1. The van der Waals surface area contributed by atoms with Crippen molar-refractivity contribution < 1.29 is 27.4 Å². The Kier molecular flexibility index (Phi) is 6.63. The highest BCUT2D eigenvalue weighted by Gasteiger charge is 1.87. The van der Waals surface area contributed by atoms with Gasteiger partial charge in [0.2, 0.25) is 0 Å². The number of aliphatic hydroxyl groups is 1. The van der Waals surface area contributed by atoms with Gasteiger partial charge in [0.1, 0.15) is 12.4 Å². The standard InChI is InChI=1S/C8H10O2.H2O4S/c9-6-7-10-8-4-2-1-3-5-8;1-5(2,3)4/h1-5,9H,6-7H2;(H2,1,2,3,4). The molecule has 86 valence electrons. The Morgan fingerprint density at radius 2 is 1.60 bits per heavy atom. The van der Waals surface area contributed by atoms with Gasteiger partial charge in [-0.1, -0.05) is 18.2 Å². The largest absolute Gasteiger partial charge is 0.491 e. The lowest BCUT2D eigenvalue weighted by molar-refractivity contribution is 0.201. The quantitative estimate of drug-likeness (QED) is 0.656. The average Bonchev–Trinajstić information content (AvgIpc) is 2.14. The number of benzene rings is 1. The smallest absolute Gasteiger partial charge is 0.394 e. The third-order valence-electron chi connectivity index (χ3n) is 1.10. The SMILES string of the molecule is O=S(=O)(O)O.OCCOc1ccccc1. The lowest BCUT2D eigenvalue weighted by atomic mass is 10.3. The van der Waals surface area contributed by atoms with Gasteiger partial charge in [0.15, 0.2) is 0 Å². The summed E-state index contributed by atoms with van der Waals surface area (Å²) in [5, 5.41) is 8.40. The molecule has 0 aliphatic heterocycles. The molecule has 0 amide bonds. The van der Waals surface area contributed by atoms with Gasteiger partial charge >= 0.3 is 10.4 Å². The van der Waals surface area contributed by atoms with Gasteiger partial charge in [0.25, 0.3) is 0 Å². The maximum atomic E-state index is 8.74. The van der Waals surface area contributed by atoms with E-state index in [1.165, 1.54) is 0 Å². The molecule has 1 aromatic carbocycles. The van der Waals surface area contributed by atoms with Crippen LogP contribution in [0, 0.1) is 0 Å². The molecule has 0 fully saturated rings.